The van der Waals surface area contributed by atoms with E-state index in [-0.39, 0.29) is 0 Å². The van der Waals surface area contributed by atoms with E-state index in [0.717, 1.165) is 25.4 Å². The first-order valence-electron chi connectivity index (χ1n) is 9.46. The van der Waals surface area contributed by atoms with Crippen LogP contribution in [0.15, 0.2) is 0 Å². The van der Waals surface area contributed by atoms with Crippen LogP contribution < -0.4 is 0 Å². The van der Waals surface area contributed by atoms with Gasteiger partial charge < -0.3 is 18.9 Å². The molecule has 1 aliphatic heterocycles. The molecule has 1 rings (SSSR count). The van der Waals surface area contributed by atoms with Crippen LogP contribution >= 0.6 is 0 Å². The van der Waals surface area contributed by atoms with Gasteiger partial charge in [0.05, 0.1) is 12.7 Å². The van der Waals surface area contributed by atoms with Crippen molar-refractivity contribution in [1.82, 2.24) is 0 Å². The molecule has 0 aromatic heterocycles. The number of hydrogen-bond donors (Lipinski definition) is 0. The van der Waals surface area contributed by atoms with Crippen LogP contribution in [0.1, 0.15) is 77.6 Å². The Kier molecular flexibility index (Phi) is 11.1. The molecule has 4 nitrogen and oxygen atoms in total. The van der Waals surface area contributed by atoms with E-state index in [1.807, 2.05) is 0 Å². The fourth-order valence-electron chi connectivity index (χ4n) is 3.39. The van der Waals surface area contributed by atoms with Crippen molar-refractivity contribution < 1.29 is 18.9 Å². The number of hydrogen-bond acceptors (Lipinski definition) is 4. The summed E-state index contributed by atoms with van der Waals surface area (Å²) in [7, 11) is 4.91. The van der Waals surface area contributed by atoms with E-state index in [0.29, 0.717) is 6.10 Å². The molecule has 0 aromatic carbocycles. The Bertz CT molecular complexity index is 266. The first-order valence-corrected chi connectivity index (χ1v) is 9.46. The lowest BCUT2D eigenvalue weighted by Crippen LogP contribution is -2.35. The largest absolute Gasteiger partial charge is 0.373 e. The molecule has 2 unspecified atom stereocenters. The van der Waals surface area contributed by atoms with Crippen molar-refractivity contribution in [3.05, 3.63) is 0 Å². The Labute approximate surface area is 143 Å². The van der Waals surface area contributed by atoms with E-state index in [1.165, 1.54) is 57.8 Å². The number of ether oxygens (including phenoxy) is 4. The van der Waals surface area contributed by atoms with Gasteiger partial charge in [-0.05, 0) is 18.8 Å². The van der Waals surface area contributed by atoms with Crippen molar-refractivity contribution in [2.75, 3.05) is 27.9 Å². The van der Waals surface area contributed by atoms with Crippen LogP contribution in [0.4, 0.5) is 0 Å². The summed E-state index contributed by atoms with van der Waals surface area (Å²) >= 11 is 0. The third-order valence-corrected chi connectivity index (χ3v) is 5.02. The predicted octanol–water partition coefficient (Wildman–Crippen LogP) is 4.91. The van der Waals surface area contributed by atoms with Crippen LogP contribution in [0.5, 0.6) is 0 Å². The molecular formula is C19H38O4. The van der Waals surface area contributed by atoms with E-state index < -0.39 is 5.97 Å². The quantitative estimate of drug-likeness (QED) is 0.229. The lowest BCUT2D eigenvalue weighted by atomic mass is 9.91. The Morgan fingerprint density at radius 1 is 0.913 bits per heavy atom. The second-order valence-corrected chi connectivity index (χ2v) is 6.79. The van der Waals surface area contributed by atoms with Gasteiger partial charge in [0, 0.05) is 27.8 Å². The molecule has 1 heterocycles. The first-order chi connectivity index (χ1) is 11.2. The van der Waals surface area contributed by atoms with Gasteiger partial charge in [-0.15, -0.1) is 0 Å². The second-order valence-electron chi connectivity index (χ2n) is 6.79. The van der Waals surface area contributed by atoms with Crippen LogP contribution in [0.3, 0.4) is 0 Å². The normalized spacial score (nSPS) is 19.0. The topological polar surface area (TPSA) is 40.2 Å². The molecule has 0 spiro atoms. The van der Waals surface area contributed by atoms with E-state index in [2.05, 4.69) is 6.92 Å². The number of unbranched alkanes of at least 4 members (excludes halogenated alkanes) is 3. The molecule has 138 valence electrons. The molecule has 0 saturated carbocycles. The van der Waals surface area contributed by atoms with Crippen LogP contribution in [0, 0.1) is 5.92 Å². The average Bonchev–Trinajstić information content (AvgIpc) is 3.39. The lowest BCUT2D eigenvalue weighted by Gasteiger charge is -2.28. The smallest absolute Gasteiger partial charge is 0.282 e. The molecule has 0 amide bonds. The fourth-order valence-corrected chi connectivity index (χ4v) is 3.39. The molecule has 1 aliphatic rings. The Morgan fingerprint density at radius 2 is 1.52 bits per heavy atom. The molecule has 0 radical (unpaired) electrons. The summed E-state index contributed by atoms with van der Waals surface area (Å²) in [5.74, 6) is 0.0467. The van der Waals surface area contributed by atoms with E-state index >= 15 is 0 Å². The molecule has 23 heavy (non-hydrogen) atoms. The Balaban J connectivity index is 2.08. The van der Waals surface area contributed by atoms with Crippen LogP contribution in [-0.2, 0) is 18.9 Å². The van der Waals surface area contributed by atoms with E-state index in [1.54, 1.807) is 21.3 Å². The monoisotopic (exact) mass is 330 g/mol. The number of epoxide rings is 1. The van der Waals surface area contributed by atoms with Gasteiger partial charge in [-0.1, -0.05) is 58.3 Å². The number of methoxy groups -OCH3 is 3. The third kappa shape index (κ3) is 9.04. The molecule has 0 aliphatic carbocycles. The van der Waals surface area contributed by atoms with Crippen molar-refractivity contribution in [1.29, 1.82) is 0 Å². The molecule has 0 bridgehead atoms. The zero-order chi connectivity index (χ0) is 17.0. The first kappa shape index (κ1) is 20.9. The molecule has 4 heteroatoms. The molecule has 2 atom stereocenters. The highest BCUT2D eigenvalue weighted by Crippen LogP contribution is 2.26. The third-order valence-electron chi connectivity index (χ3n) is 5.02. The zero-order valence-electron chi connectivity index (χ0n) is 15.8. The fraction of sp³-hybridized carbons (Fsp3) is 1.00. The molecule has 1 saturated heterocycles. The van der Waals surface area contributed by atoms with Gasteiger partial charge >= 0.3 is 0 Å². The summed E-state index contributed by atoms with van der Waals surface area (Å²) in [6, 6.07) is 0. The molecule has 1 fully saturated rings. The SMILES string of the molecule is CCCC(CCCCCC(OC)(OC)OC)CCCCC1CO1. The van der Waals surface area contributed by atoms with Crippen molar-refractivity contribution in [3.63, 3.8) is 0 Å². The Morgan fingerprint density at radius 3 is 2.04 bits per heavy atom. The van der Waals surface area contributed by atoms with Gasteiger partial charge in [0.15, 0.2) is 0 Å². The van der Waals surface area contributed by atoms with Crippen LogP contribution in [0.2, 0.25) is 0 Å². The van der Waals surface area contributed by atoms with Gasteiger partial charge in [-0.2, -0.15) is 0 Å². The second kappa shape index (κ2) is 12.2. The van der Waals surface area contributed by atoms with E-state index in [4.69, 9.17) is 18.9 Å². The van der Waals surface area contributed by atoms with E-state index in [9.17, 15) is 0 Å². The molecule has 0 N–H and O–H groups in total. The van der Waals surface area contributed by atoms with Gasteiger partial charge in [0.25, 0.3) is 5.97 Å². The predicted molar refractivity (Wildman–Crippen MR) is 93.4 cm³/mol. The minimum Gasteiger partial charge on any atom is -0.373 e. The van der Waals surface area contributed by atoms with Crippen molar-refractivity contribution >= 4 is 0 Å². The summed E-state index contributed by atoms with van der Waals surface area (Å²) < 4.78 is 21.3. The summed E-state index contributed by atoms with van der Waals surface area (Å²) in [6.45, 7) is 3.31. The van der Waals surface area contributed by atoms with Gasteiger partial charge in [0.1, 0.15) is 0 Å². The Hall–Kier alpha value is -0.160. The van der Waals surface area contributed by atoms with Crippen molar-refractivity contribution in [3.8, 4) is 0 Å². The lowest BCUT2D eigenvalue weighted by molar-refractivity contribution is -0.355. The molecule has 0 aromatic rings. The maximum atomic E-state index is 5.34. The van der Waals surface area contributed by atoms with Gasteiger partial charge in [-0.3, -0.25) is 0 Å². The minimum atomic E-state index is -0.853. The minimum absolute atomic E-state index is 0.599. The van der Waals surface area contributed by atoms with Crippen molar-refractivity contribution in [2.24, 2.45) is 5.92 Å². The van der Waals surface area contributed by atoms with Gasteiger partial charge in [0.2, 0.25) is 0 Å². The summed E-state index contributed by atoms with van der Waals surface area (Å²) in [5.41, 5.74) is 0. The van der Waals surface area contributed by atoms with Crippen LogP contribution in [-0.4, -0.2) is 40.0 Å². The van der Waals surface area contributed by atoms with Crippen molar-refractivity contribution in [2.45, 2.75) is 89.6 Å². The van der Waals surface area contributed by atoms with Crippen LogP contribution in [0.25, 0.3) is 0 Å². The highest BCUT2D eigenvalue weighted by atomic mass is 16.9. The molecular weight excluding hydrogens is 292 g/mol. The number of rotatable bonds is 16. The van der Waals surface area contributed by atoms with Gasteiger partial charge in [-0.25, -0.2) is 0 Å². The summed E-state index contributed by atoms with van der Waals surface area (Å²) in [4.78, 5) is 0. The average molecular weight is 331 g/mol. The maximum Gasteiger partial charge on any atom is 0.282 e. The summed E-state index contributed by atoms with van der Waals surface area (Å²) in [5, 5.41) is 0. The summed E-state index contributed by atoms with van der Waals surface area (Å²) in [6.07, 6.45) is 14.4. The standard InChI is InChI=1S/C19H38O4/c1-5-11-17(13-8-9-14-18-16-23-18)12-7-6-10-15-19(20-2,21-3)22-4/h17-18H,5-16H2,1-4H3. The maximum absolute atomic E-state index is 5.34. The highest BCUT2D eigenvalue weighted by molar-refractivity contribution is 4.69. The zero-order valence-corrected chi connectivity index (χ0v) is 15.8. The highest BCUT2D eigenvalue weighted by Gasteiger charge is 2.28.